The van der Waals surface area contributed by atoms with Gasteiger partial charge in [0.1, 0.15) is 0 Å². The lowest BCUT2D eigenvalue weighted by Gasteiger charge is -2.19. The standard InChI is InChI=1S/C16H17BrN2S/c1-11-6-3-4-9-15(11)12(2)18-16(20)19-14-8-5-7-13(17)10-14/h3-10,12H,1-2H3,(H2,18,19,20). The van der Waals surface area contributed by atoms with Gasteiger partial charge in [0.2, 0.25) is 0 Å². The molecule has 0 saturated heterocycles. The van der Waals surface area contributed by atoms with E-state index in [0.717, 1.165) is 10.2 Å². The van der Waals surface area contributed by atoms with Crippen LogP contribution >= 0.6 is 28.1 Å². The molecule has 0 amide bonds. The van der Waals surface area contributed by atoms with Gasteiger partial charge >= 0.3 is 0 Å². The lowest BCUT2D eigenvalue weighted by Crippen LogP contribution is -2.31. The Bertz CT molecular complexity index is 613. The summed E-state index contributed by atoms with van der Waals surface area (Å²) in [5, 5.41) is 7.13. The molecule has 2 N–H and O–H groups in total. The summed E-state index contributed by atoms with van der Waals surface area (Å²) in [6, 6.07) is 16.4. The van der Waals surface area contributed by atoms with Gasteiger partial charge in [-0.15, -0.1) is 0 Å². The Labute approximate surface area is 133 Å². The van der Waals surface area contributed by atoms with Gasteiger partial charge in [-0.2, -0.15) is 0 Å². The van der Waals surface area contributed by atoms with E-state index in [1.165, 1.54) is 11.1 Å². The molecular weight excluding hydrogens is 332 g/mol. The van der Waals surface area contributed by atoms with Gasteiger partial charge in [-0.25, -0.2) is 0 Å². The van der Waals surface area contributed by atoms with Gasteiger partial charge in [0.15, 0.2) is 5.11 Å². The maximum atomic E-state index is 5.36. The van der Waals surface area contributed by atoms with Crippen molar-refractivity contribution in [3.05, 3.63) is 64.1 Å². The first-order valence-electron chi connectivity index (χ1n) is 6.45. The highest BCUT2D eigenvalue weighted by molar-refractivity contribution is 9.10. The number of halogens is 1. The van der Waals surface area contributed by atoms with Gasteiger partial charge in [-0.1, -0.05) is 46.3 Å². The Morgan fingerprint density at radius 1 is 1.15 bits per heavy atom. The summed E-state index contributed by atoms with van der Waals surface area (Å²) in [6.07, 6.45) is 0. The molecule has 0 aliphatic carbocycles. The maximum absolute atomic E-state index is 5.36. The van der Waals surface area contributed by atoms with Crippen LogP contribution in [0.4, 0.5) is 5.69 Å². The van der Waals surface area contributed by atoms with Crippen molar-refractivity contribution in [3.8, 4) is 0 Å². The Morgan fingerprint density at radius 2 is 1.90 bits per heavy atom. The summed E-state index contributed by atoms with van der Waals surface area (Å²) in [4.78, 5) is 0. The van der Waals surface area contributed by atoms with E-state index in [1.807, 2.05) is 36.4 Å². The van der Waals surface area contributed by atoms with Gasteiger partial charge in [0.25, 0.3) is 0 Å². The fourth-order valence-corrected chi connectivity index (χ4v) is 2.77. The summed E-state index contributed by atoms with van der Waals surface area (Å²) in [5.41, 5.74) is 3.48. The quantitative estimate of drug-likeness (QED) is 0.778. The summed E-state index contributed by atoms with van der Waals surface area (Å²) in [6.45, 7) is 4.22. The van der Waals surface area contributed by atoms with E-state index in [0.29, 0.717) is 5.11 Å². The number of hydrogen-bond acceptors (Lipinski definition) is 1. The lowest BCUT2D eigenvalue weighted by atomic mass is 10.0. The zero-order chi connectivity index (χ0) is 14.5. The molecule has 0 aromatic heterocycles. The minimum Gasteiger partial charge on any atom is -0.356 e. The second kappa shape index (κ2) is 6.86. The minimum absolute atomic E-state index is 0.170. The molecular formula is C16H17BrN2S. The largest absolute Gasteiger partial charge is 0.356 e. The number of thiocarbonyl (C=S) groups is 1. The van der Waals surface area contributed by atoms with Gasteiger partial charge in [0.05, 0.1) is 6.04 Å². The molecule has 0 radical (unpaired) electrons. The fourth-order valence-electron chi connectivity index (χ4n) is 2.08. The molecule has 104 valence electrons. The first kappa shape index (κ1) is 15.0. The molecule has 20 heavy (non-hydrogen) atoms. The number of nitrogens with one attached hydrogen (secondary N) is 2. The number of anilines is 1. The van der Waals surface area contributed by atoms with E-state index >= 15 is 0 Å². The van der Waals surface area contributed by atoms with Crippen molar-refractivity contribution in [3.63, 3.8) is 0 Å². The highest BCUT2D eigenvalue weighted by Gasteiger charge is 2.09. The van der Waals surface area contributed by atoms with Crippen molar-refractivity contribution in [1.82, 2.24) is 5.32 Å². The summed E-state index contributed by atoms with van der Waals surface area (Å²) >= 11 is 8.81. The van der Waals surface area contributed by atoms with Crippen LogP contribution in [0.3, 0.4) is 0 Å². The third-order valence-corrected chi connectivity index (χ3v) is 3.80. The number of rotatable bonds is 3. The van der Waals surface area contributed by atoms with Crippen LogP contribution in [0, 0.1) is 6.92 Å². The number of aryl methyl sites for hydroxylation is 1. The van der Waals surface area contributed by atoms with Crippen LogP contribution in [0.2, 0.25) is 0 Å². The van der Waals surface area contributed by atoms with Crippen LogP contribution in [-0.4, -0.2) is 5.11 Å². The second-order valence-electron chi connectivity index (χ2n) is 4.69. The second-order valence-corrected chi connectivity index (χ2v) is 6.01. The number of benzene rings is 2. The average Bonchev–Trinajstić information content (AvgIpc) is 2.38. The van der Waals surface area contributed by atoms with Crippen LogP contribution in [0.15, 0.2) is 53.0 Å². The van der Waals surface area contributed by atoms with Crippen LogP contribution in [-0.2, 0) is 0 Å². The van der Waals surface area contributed by atoms with Crippen molar-refractivity contribution >= 4 is 38.9 Å². The third kappa shape index (κ3) is 4.05. The normalized spacial score (nSPS) is 11.8. The lowest BCUT2D eigenvalue weighted by molar-refractivity contribution is 0.717. The molecule has 4 heteroatoms. The fraction of sp³-hybridized carbons (Fsp3) is 0.188. The highest BCUT2D eigenvalue weighted by Crippen LogP contribution is 2.18. The molecule has 0 spiro atoms. The average molecular weight is 349 g/mol. The van der Waals surface area contributed by atoms with Crippen molar-refractivity contribution in [1.29, 1.82) is 0 Å². The van der Waals surface area contributed by atoms with E-state index in [4.69, 9.17) is 12.2 Å². The zero-order valence-electron chi connectivity index (χ0n) is 11.5. The van der Waals surface area contributed by atoms with E-state index in [-0.39, 0.29) is 6.04 Å². The summed E-state index contributed by atoms with van der Waals surface area (Å²) < 4.78 is 1.03. The summed E-state index contributed by atoms with van der Waals surface area (Å²) in [7, 11) is 0. The summed E-state index contributed by atoms with van der Waals surface area (Å²) in [5.74, 6) is 0. The van der Waals surface area contributed by atoms with Crippen molar-refractivity contribution < 1.29 is 0 Å². The van der Waals surface area contributed by atoms with E-state index < -0.39 is 0 Å². The molecule has 0 aliphatic rings. The molecule has 0 saturated carbocycles. The Morgan fingerprint density at radius 3 is 2.60 bits per heavy atom. The molecule has 0 fully saturated rings. The Kier molecular flexibility index (Phi) is 5.15. The predicted octanol–water partition coefficient (Wildman–Crippen LogP) is 4.81. The molecule has 0 heterocycles. The van der Waals surface area contributed by atoms with E-state index in [2.05, 4.69) is 52.5 Å². The third-order valence-electron chi connectivity index (χ3n) is 3.09. The van der Waals surface area contributed by atoms with Crippen molar-refractivity contribution in [2.75, 3.05) is 5.32 Å². The van der Waals surface area contributed by atoms with Gasteiger partial charge < -0.3 is 10.6 Å². The first-order chi connectivity index (χ1) is 9.56. The zero-order valence-corrected chi connectivity index (χ0v) is 13.9. The SMILES string of the molecule is Cc1ccccc1C(C)NC(=S)Nc1cccc(Br)c1. The molecule has 2 nitrogen and oxygen atoms in total. The predicted molar refractivity (Wildman–Crippen MR) is 93.1 cm³/mol. The van der Waals surface area contributed by atoms with Gasteiger partial charge in [-0.3, -0.25) is 0 Å². The van der Waals surface area contributed by atoms with Crippen LogP contribution in [0.5, 0.6) is 0 Å². The van der Waals surface area contributed by atoms with Crippen LogP contribution < -0.4 is 10.6 Å². The molecule has 2 aromatic rings. The molecule has 0 aliphatic heterocycles. The van der Waals surface area contributed by atoms with Gasteiger partial charge in [0, 0.05) is 10.2 Å². The van der Waals surface area contributed by atoms with Crippen LogP contribution in [0.25, 0.3) is 0 Å². The maximum Gasteiger partial charge on any atom is 0.171 e. The first-order valence-corrected chi connectivity index (χ1v) is 7.65. The van der Waals surface area contributed by atoms with Gasteiger partial charge in [-0.05, 0) is 55.4 Å². The minimum atomic E-state index is 0.170. The van der Waals surface area contributed by atoms with E-state index in [1.54, 1.807) is 0 Å². The van der Waals surface area contributed by atoms with Crippen molar-refractivity contribution in [2.24, 2.45) is 0 Å². The van der Waals surface area contributed by atoms with Crippen molar-refractivity contribution in [2.45, 2.75) is 19.9 Å². The van der Waals surface area contributed by atoms with E-state index in [9.17, 15) is 0 Å². The van der Waals surface area contributed by atoms with Crippen LogP contribution in [0.1, 0.15) is 24.1 Å². The Balaban J connectivity index is 2.00. The molecule has 0 bridgehead atoms. The monoisotopic (exact) mass is 348 g/mol. The molecule has 2 aromatic carbocycles. The molecule has 2 rings (SSSR count). The highest BCUT2D eigenvalue weighted by atomic mass is 79.9. The smallest absolute Gasteiger partial charge is 0.171 e. The molecule has 1 atom stereocenters. The Hall–Kier alpha value is -1.39. The number of hydrogen-bond donors (Lipinski definition) is 2. The molecule has 1 unspecified atom stereocenters. The topological polar surface area (TPSA) is 24.1 Å².